The van der Waals surface area contributed by atoms with E-state index in [0.29, 0.717) is 19.6 Å². The molecule has 10 heteroatoms. The van der Waals surface area contributed by atoms with Crippen molar-refractivity contribution >= 4 is 32.5 Å². The monoisotopic (exact) mass is 397 g/mol. The largest absolute Gasteiger partial charge is 0.330 e. The number of hydrogen-bond donors (Lipinski definition) is 2. The van der Waals surface area contributed by atoms with Gasteiger partial charge in [-0.3, -0.25) is 0 Å². The number of nitrogens with one attached hydrogen (secondary N) is 1. The van der Waals surface area contributed by atoms with E-state index >= 15 is 0 Å². The third-order valence-corrected chi connectivity index (χ3v) is 7.41. The van der Waals surface area contributed by atoms with Crippen LogP contribution in [0.25, 0.3) is 0 Å². The molecule has 0 saturated carbocycles. The van der Waals surface area contributed by atoms with Gasteiger partial charge in [-0.05, 0) is 63.0 Å². The Kier molecular flexibility index (Phi) is 7.64. The number of halogens is 1. The van der Waals surface area contributed by atoms with Gasteiger partial charge in [0.1, 0.15) is 0 Å². The van der Waals surface area contributed by atoms with Crippen LogP contribution in [0.1, 0.15) is 19.3 Å². The van der Waals surface area contributed by atoms with Crippen LogP contribution in [0.5, 0.6) is 0 Å². The van der Waals surface area contributed by atoms with Crippen molar-refractivity contribution in [2.24, 2.45) is 11.7 Å². The third-order valence-electron chi connectivity index (χ3n) is 4.10. The predicted molar refractivity (Wildman–Crippen MR) is 95.1 cm³/mol. The Morgan fingerprint density at radius 2 is 1.75 bits per heavy atom. The highest BCUT2D eigenvalue weighted by molar-refractivity contribution is 7.89. The van der Waals surface area contributed by atoms with E-state index in [4.69, 9.17) is 5.73 Å². The molecule has 138 valence electrons. The first kappa shape index (κ1) is 21.3. The molecule has 1 aliphatic heterocycles. The van der Waals surface area contributed by atoms with Crippen molar-refractivity contribution in [3.8, 4) is 0 Å². The lowest BCUT2D eigenvalue weighted by atomic mass is 9.96. The zero-order valence-corrected chi connectivity index (χ0v) is 16.0. The van der Waals surface area contributed by atoms with Crippen molar-refractivity contribution in [3.05, 3.63) is 24.3 Å². The summed E-state index contributed by atoms with van der Waals surface area (Å²) in [5.74, 6) is 0.285. The SMILES string of the molecule is CNS(=O)(=O)c1ccc(S(=O)(=O)N2CCCC(CCN)C2)cc1.Cl. The van der Waals surface area contributed by atoms with Crippen molar-refractivity contribution in [1.29, 1.82) is 0 Å². The minimum atomic E-state index is -3.60. The van der Waals surface area contributed by atoms with Crippen LogP contribution in [-0.4, -0.2) is 47.8 Å². The van der Waals surface area contributed by atoms with Gasteiger partial charge in [-0.25, -0.2) is 21.6 Å². The average Bonchev–Trinajstić information content (AvgIpc) is 2.55. The summed E-state index contributed by atoms with van der Waals surface area (Å²) >= 11 is 0. The van der Waals surface area contributed by atoms with Crippen molar-refractivity contribution < 1.29 is 16.8 Å². The van der Waals surface area contributed by atoms with Crippen molar-refractivity contribution in [3.63, 3.8) is 0 Å². The highest BCUT2D eigenvalue weighted by Gasteiger charge is 2.30. The molecule has 1 aromatic rings. The lowest BCUT2D eigenvalue weighted by Crippen LogP contribution is -2.40. The maximum Gasteiger partial charge on any atom is 0.243 e. The summed E-state index contributed by atoms with van der Waals surface area (Å²) in [6.45, 7) is 1.51. The number of nitrogens with two attached hydrogens (primary N) is 1. The second-order valence-corrected chi connectivity index (χ2v) is 9.45. The van der Waals surface area contributed by atoms with Crippen molar-refractivity contribution in [2.45, 2.75) is 29.1 Å². The van der Waals surface area contributed by atoms with Crippen LogP contribution >= 0.6 is 12.4 Å². The molecule has 0 bridgehead atoms. The van der Waals surface area contributed by atoms with Gasteiger partial charge in [0.05, 0.1) is 9.79 Å². The smallest absolute Gasteiger partial charge is 0.243 e. The van der Waals surface area contributed by atoms with Gasteiger partial charge in [-0.2, -0.15) is 4.31 Å². The van der Waals surface area contributed by atoms with Crippen LogP contribution in [-0.2, 0) is 20.0 Å². The molecule has 1 fully saturated rings. The lowest BCUT2D eigenvalue weighted by Gasteiger charge is -2.31. The number of rotatable bonds is 6. The highest BCUT2D eigenvalue weighted by atomic mass is 35.5. The highest BCUT2D eigenvalue weighted by Crippen LogP contribution is 2.25. The van der Waals surface area contributed by atoms with Gasteiger partial charge in [0.15, 0.2) is 0 Å². The molecular formula is C14H24ClN3O4S2. The van der Waals surface area contributed by atoms with Crippen LogP contribution in [0.15, 0.2) is 34.1 Å². The molecule has 1 unspecified atom stereocenters. The third kappa shape index (κ3) is 4.68. The molecule has 24 heavy (non-hydrogen) atoms. The zero-order valence-electron chi connectivity index (χ0n) is 13.5. The summed E-state index contributed by atoms with van der Waals surface area (Å²) in [4.78, 5) is 0.152. The Morgan fingerprint density at radius 3 is 2.29 bits per heavy atom. The zero-order chi connectivity index (χ0) is 17.1. The number of nitrogens with zero attached hydrogens (tertiary/aromatic N) is 1. The summed E-state index contributed by atoms with van der Waals surface area (Å²) < 4.78 is 52.5. The Hall–Kier alpha value is -0.710. The topological polar surface area (TPSA) is 110 Å². The van der Waals surface area contributed by atoms with Crippen LogP contribution in [0.4, 0.5) is 0 Å². The van der Waals surface area contributed by atoms with Gasteiger partial charge in [0.2, 0.25) is 20.0 Å². The van der Waals surface area contributed by atoms with Gasteiger partial charge < -0.3 is 5.73 Å². The number of sulfonamides is 2. The standard InChI is InChI=1S/C14H23N3O4S2.ClH/c1-16-22(18,19)13-4-6-14(7-5-13)23(20,21)17-10-2-3-12(11-17)8-9-15;/h4-7,12,16H,2-3,8-11,15H2,1H3;1H. The van der Waals surface area contributed by atoms with Crippen LogP contribution in [0, 0.1) is 5.92 Å². The molecule has 0 amide bonds. The molecule has 1 aromatic carbocycles. The number of hydrogen-bond acceptors (Lipinski definition) is 5. The first-order valence-corrected chi connectivity index (χ1v) is 10.5. The van der Waals surface area contributed by atoms with Crippen LogP contribution in [0.3, 0.4) is 0 Å². The van der Waals surface area contributed by atoms with E-state index in [1.54, 1.807) is 0 Å². The molecule has 0 radical (unpaired) electrons. The van der Waals surface area contributed by atoms with Gasteiger partial charge in [-0.15, -0.1) is 12.4 Å². The van der Waals surface area contributed by atoms with E-state index in [1.807, 2.05) is 0 Å². The molecule has 0 aliphatic carbocycles. The first-order chi connectivity index (χ1) is 10.8. The fourth-order valence-electron chi connectivity index (χ4n) is 2.77. The second-order valence-electron chi connectivity index (χ2n) is 5.63. The average molecular weight is 398 g/mol. The quantitative estimate of drug-likeness (QED) is 0.736. The van der Waals surface area contributed by atoms with E-state index in [0.717, 1.165) is 19.3 Å². The molecule has 1 heterocycles. The van der Waals surface area contributed by atoms with Gasteiger partial charge >= 0.3 is 0 Å². The van der Waals surface area contributed by atoms with Crippen LogP contribution in [0.2, 0.25) is 0 Å². The van der Waals surface area contributed by atoms with Gasteiger partial charge in [0.25, 0.3) is 0 Å². The second kappa shape index (κ2) is 8.59. The fraction of sp³-hybridized carbons (Fsp3) is 0.571. The molecule has 1 aliphatic rings. The van der Waals surface area contributed by atoms with Gasteiger partial charge in [0, 0.05) is 13.1 Å². The molecule has 0 spiro atoms. The Balaban J connectivity index is 0.00000288. The minimum Gasteiger partial charge on any atom is -0.330 e. The maximum atomic E-state index is 12.7. The summed E-state index contributed by atoms with van der Waals surface area (Å²) in [6.07, 6.45) is 2.62. The summed E-state index contributed by atoms with van der Waals surface area (Å²) in [7, 11) is -5.87. The molecule has 2 rings (SSSR count). The summed E-state index contributed by atoms with van der Waals surface area (Å²) in [6, 6.07) is 5.29. The molecular weight excluding hydrogens is 374 g/mol. The number of piperidine rings is 1. The lowest BCUT2D eigenvalue weighted by molar-refractivity contribution is 0.258. The molecule has 7 nitrogen and oxygen atoms in total. The first-order valence-electron chi connectivity index (χ1n) is 7.55. The van der Waals surface area contributed by atoms with E-state index in [1.165, 1.54) is 35.6 Å². The number of benzene rings is 1. The van der Waals surface area contributed by atoms with E-state index in [9.17, 15) is 16.8 Å². The van der Waals surface area contributed by atoms with Crippen molar-refractivity contribution in [2.75, 3.05) is 26.7 Å². The summed E-state index contributed by atoms with van der Waals surface area (Å²) in [5, 5.41) is 0. The molecule has 3 N–H and O–H groups in total. The fourth-order valence-corrected chi connectivity index (χ4v) is 5.06. The Bertz CT molecular complexity index is 734. The molecule has 1 saturated heterocycles. The molecule has 0 aromatic heterocycles. The predicted octanol–water partition coefficient (Wildman–Crippen LogP) is 0.766. The van der Waals surface area contributed by atoms with E-state index in [-0.39, 0.29) is 28.1 Å². The Morgan fingerprint density at radius 1 is 1.17 bits per heavy atom. The van der Waals surface area contributed by atoms with Gasteiger partial charge in [-0.1, -0.05) is 0 Å². The summed E-state index contributed by atoms with van der Waals surface area (Å²) in [5.41, 5.74) is 5.56. The molecule has 1 atom stereocenters. The van der Waals surface area contributed by atoms with E-state index in [2.05, 4.69) is 4.72 Å². The Labute approximate surface area is 150 Å². The maximum absolute atomic E-state index is 12.7. The van der Waals surface area contributed by atoms with E-state index < -0.39 is 20.0 Å². The van der Waals surface area contributed by atoms with Crippen LogP contribution < -0.4 is 10.5 Å². The van der Waals surface area contributed by atoms with Crippen molar-refractivity contribution in [1.82, 2.24) is 9.03 Å². The normalized spacial score (nSPS) is 19.7. The minimum absolute atomic E-state index is 0.